The van der Waals surface area contributed by atoms with Gasteiger partial charge in [-0.25, -0.2) is 0 Å². The molecular weight excluding hydrogens is 753 g/mol. The van der Waals surface area contributed by atoms with Crippen LogP contribution in [0.4, 0.5) is 34.1 Å². The van der Waals surface area contributed by atoms with E-state index in [2.05, 4.69) is 227 Å². The minimum atomic E-state index is 0.948. The molecule has 9 aromatic carbocycles. The molecule has 0 unspecified atom stereocenters. The summed E-state index contributed by atoms with van der Waals surface area (Å²) in [5.74, 6) is 0. The van der Waals surface area contributed by atoms with E-state index < -0.39 is 0 Å². The van der Waals surface area contributed by atoms with E-state index >= 15 is 0 Å². The summed E-state index contributed by atoms with van der Waals surface area (Å²) in [5.41, 5.74) is 17.2. The molecule has 0 aliphatic heterocycles. The normalized spacial score (nSPS) is 12.2. The number of anilines is 6. The summed E-state index contributed by atoms with van der Waals surface area (Å²) in [7, 11) is 0. The molecule has 4 nitrogen and oxygen atoms in total. The maximum absolute atomic E-state index is 2.57. The Labute approximate surface area is 359 Å². The van der Waals surface area contributed by atoms with Crippen molar-refractivity contribution in [1.29, 1.82) is 0 Å². The molecule has 0 bridgehead atoms. The van der Waals surface area contributed by atoms with Gasteiger partial charge in [0.25, 0.3) is 0 Å². The van der Waals surface area contributed by atoms with Crippen LogP contribution in [0.1, 0.15) is 25.0 Å². The number of benzene rings is 9. The van der Waals surface area contributed by atoms with Gasteiger partial charge < -0.3 is 18.6 Å². The molecule has 0 saturated heterocycles. The third kappa shape index (κ3) is 4.72. The van der Waals surface area contributed by atoms with Crippen molar-refractivity contribution < 1.29 is 0 Å². The zero-order valence-corrected chi connectivity index (χ0v) is 34.7. The van der Waals surface area contributed by atoms with Crippen LogP contribution in [-0.4, -0.2) is 8.80 Å². The largest absolute Gasteiger partial charge is 0.310 e. The van der Waals surface area contributed by atoms with Gasteiger partial charge in [-0.2, -0.15) is 0 Å². The van der Waals surface area contributed by atoms with Gasteiger partial charge in [-0.3, -0.25) is 0 Å². The molecule has 4 aromatic heterocycles. The third-order valence-corrected chi connectivity index (χ3v) is 13.5. The molecule has 0 spiro atoms. The molecule has 0 atom stereocenters. The highest BCUT2D eigenvalue weighted by molar-refractivity contribution is 6.32. The Bertz CT molecular complexity index is 3480. The van der Waals surface area contributed by atoms with Gasteiger partial charge in [0.2, 0.25) is 0 Å². The summed E-state index contributed by atoms with van der Waals surface area (Å²) in [5, 5.41) is 10.4. The fourth-order valence-corrected chi connectivity index (χ4v) is 10.9. The molecule has 13 rings (SSSR count). The van der Waals surface area contributed by atoms with Gasteiger partial charge in [-0.15, -0.1) is 0 Å². The maximum Gasteiger partial charge on any atom is 0.0641 e. The van der Waals surface area contributed by atoms with Crippen molar-refractivity contribution in [2.45, 2.75) is 26.7 Å². The Kier molecular flexibility index (Phi) is 7.53. The summed E-state index contributed by atoms with van der Waals surface area (Å²) in [6.07, 6.45) is 1.90. The number of rotatable bonds is 8. The summed E-state index contributed by atoms with van der Waals surface area (Å²) in [6, 6.07) is 71.6. The smallest absolute Gasteiger partial charge is 0.0641 e. The van der Waals surface area contributed by atoms with E-state index in [4.69, 9.17) is 0 Å². The molecule has 0 aliphatic rings. The second kappa shape index (κ2) is 13.3. The van der Waals surface area contributed by atoms with E-state index in [0.717, 1.165) is 35.6 Å². The number of nitrogens with zero attached hydrogens (tertiary/aromatic N) is 4. The fourth-order valence-electron chi connectivity index (χ4n) is 10.9. The predicted molar refractivity (Wildman–Crippen MR) is 264 cm³/mol. The standard InChI is InChI=1S/C58H42N4/c1-3-37-19-17-29-47-53(37)55-49(59(39-21-9-5-10-22-39)40-23-11-6-12-24-40)33-31-43-45-36-52-46(35-51(45)61(47)57(43)55)44-32-34-50(56-54-38(4-2)20-18-30-48(54)62(52)58(44)56)60(41-25-13-7-14-26-41)42-27-15-8-16-28-42/h5-36H,3-4H2,1-2H3. The van der Waals surface area contributed by atoms with Crippen molar-refractivity contribution in [1.82, 2.24) is 8.80 Å². The van der Waals surface area contributed by atoms with Crippen LogP contribution in [0.5, 0.6) is 0 Å². The van der Waals surface area contributed by atoms with Crippen LogP contribution in [0.3, 0.4) is 0 Å². The number of hydrogen-bond acceptors (Lipinski definition) is 2. The first-order chi connectivity index (χ1) is 30.7. The summed E-state index contributed by atoms with van der Waals surface area (Å²) >= 11 is 0. The highest BCUT2D eigenvalue weighted by Crippen LogP contribution is 2.52. The number of aryl methyl sites for hydroxylation is 2. The third-order valence-electron chi connectivity index (χ3n) is 13.5. The molecule has 0 fully saturated rings. The van der Waals surface area contributed by atoms with Crippen molar-refractivity contribution in [3.05, 3.63) is 205 Å². The Morgan fingerprint density at radius 3 is 1.02 bits per heavy atom. The highest BCUT2D eigenvalue weighted by atomic mass is 15.2. The van der Waals surface area contributed by atoms with E-state index in [1.807, 2.05) is 0 Å². The lowest BCUT2D eigenvalue weighted by Crippen LogP contribution is -2.10. The first kappa shape index (κ1) is 35.0. The van der Waals surface area contributed by atoms with Crippen LogP contribution < -0.4 is 9.80 Å². The molecule has 0 radical (unpaired) electrons. The van der Waals surface area contributed by atoms with Crippen molar-refractivity contribution >= 4 is 110 Å². The van der Waals surface area contributed by atoms with Crippen LogP contribution in [-0.2, 0) is 12.8 Å². The molecule has 13 aromatic rings. The summed E-state index contributed by atoms with van der Waals surface area (Å²) < 4.78 is 5.15. The number of aromatic nitrogens is 2. The van der Waals surface area contributed by atoms with Crippen molar-refractivity contribution in [3.63, 3.8) is 0 Å². The molecular formula is C58H42N4. The second-order valence-corrected chi connectivity index (χ2v) is 16.6. The van der Waals surface area contributed by atoms with E-state index in [9.17, 15) is 0 Å². The van der Waals surface area contributed by atoms with Gasteiger partial charge in [-0.05, 0) is 109 Å². The van der Waals surface area contributed by atoms with Crippen LogP contribution in [0.2, 0.25) is 0 Å². The summed E-state index contributed by atoms with van der Waals surface area (Å²) in [4.78, 5) is 4.88. The second-order valence-electron chi connectivity index (χ2n) is 16.6. The minimum Gasteiger partial charge on any atom is -0.310 e. The van der Waals surface area contributed by atoms with Gasteiger partial charge in [0.05, 0.1) is 44.5 Å². The first-order valence-electron chi connectivity index (χ1n) is 21.9. The molecule has 0 amide bonds. The molecule has 0 saturated carbocycles. The zero-order chi connectivity index (χ0) is 41.1. The Morgan fingerprint density at radius 2 is 0.677 bits per heavy atom. The average Bonchev–Trinajstić information content (AvgIpc) is 4.07. The predicted octanol–water partition coefficient (Wildman–Crippen LogP) is 16.1. The molecule has 4 heterocycles. The number of fused-ring (bicyclic) bond motifs is 12. The van der Waals surface area contributed by atoms with Crippen molar-refractivity contribution in [3.8, 4) is 0 Å². The number of hydrogen-bond donors (Lipinski definition) is 0. The SMILES string of the molecule is CCc1cccc2c1c1c(N(c3ccccc3)c3ccccc3)ccc3c4cc5c(cc4n2c31)c1ccc(N(c2ccccc2)c2ccccc2)c2c3c(CC)cccc3n5c12. The van der Waals surface area contributed by atoms with Gasteiger partial charge in [0.1, 0.15) is 0 Å². The Hall–Kier alpha value is -7.82. The van der Waals surface area contributed by atoms with E-state index in [0.29, 0.717) is 0 Å². The van der Waals surface area contributed by atoms with Crippen LogP contribution in [0, 0.1) is 0 Å². The van der Waals surface area contributed by atoms with Crippen molar-refractivity contribution in [2.75, 3.05) is 9.80 Å². The molecule has 4 heteroatoms. The molecule has 0 aliphatic carbocycles. The van der Waals surface area contributed by atoms with E-state index in [1.54, 1.807) is 0 Å². The van der Waals surface area contributed by atoms with Crippen LogP contribution >= 0.6 is 0 Å². The monoisotopic (exact) mass is 794 g/mol. The van der Waals surface area contributed by atoms with E-state index in [-0.39, 0.29) is 0 Å². The number of para-hydroxylation sites is 4. The lowest BCUT2D eigenvalue weighted by Gasteiger charge is -2.26. The van der Waals surface area contributed by atoms with Crippen LogP contribution in [0.15, 0.2) is 194 Å². The average molecular weight is 795 g/mol. The lowest BCUT2D eigenvalue weighted by atomic mass is 9.99. The Balaban J connectivity index is 1.17. The van der Waals surface area contributed by atoms with Crippen LogP contribution in [0.25, 0.3) is 76.2 Å². The molecule has 294 valence electrons. The van der Waals surface area contributed by atoms with Crippen molar-refractivity contribution in [2.24, 2.45) is 0 Å². The van der Waals surface area contributed by atoms with Gasteiger partial charge in [0.15, 0.2) is 0 Å². The van der Waals surface area contributed by atoms with E-state index in [1.165, 1.54) is 98.7 Å². The Morgan fingerprint density at radius 1 is 0.323 bits per heavy atom. The molecule has 0 N–H and O–H groups in total. The van der Waals surface area contributed by atoms with Gasteiger partial charge in [-0.1, -0.05) is 123 Å². The minimum absolute atomic E-state index is 0.948. The van der Waals surface area contributed by atoms with Gasteiger partial charge >= 0.3 is 0 Å². The zero-order valence-electron chi connectivity index (χ0n) is 34.7. The quantitative estimate of drug-likeness (QED) is 0.152. The topological polar surface area (TPSA) is 15.3 Å². The fraction of sp³-hybridized carbons (Fsp3) is 0.0690. The lowest BCUT2D eigenvalue weighted by molar-refractivity contribution is 1.16. The summed E-state index contributed by atoms with van der Waals surface area (Å²) in [6.45, 7) is 4.57. The maximum atomic E-state index is 2.57. The molecule has 62 heavy (non-hydrogen) atoms. The first-order valence-corrected chi connectivity index (χ1v) is 21.9. The van der Waals surface area contributed by atoms with Gasteiger partial charge in [0, 0.05) is 65.8 Å². The highest BCUT2D eigenvalue weighted by Gasteiger charge is 2.29.